The fraction of sp³-hybridized carbons (Fsp3) is 0.200. The van der Waals surface area contributed by atoms with Crippen LogP contribution in [0, 0.1) is 6.92 Å². The summed E-state index contributed by atoms with van der Waals surface area (Å²) in [5.41, 5.74) is 1.97. The molecule has 7 nitrogen and oxygen atoms in total. The van der Waals surface area contributed by atoms with Gasteiger partial charge in [0.05, 0.1) is 10.7 Å². The van der Waals surface area contributed by atoms with Crippen molar-refractivity contribution >= 4 is 23.5 Å². The largest absolute Gasteiger partial charge is 0.288 e. The summed E-state index contributed by atoms with van der Waals surface area (Å²) >= 11 is 6.13. The van der Waals surface area contributed by atoms with Gasteiger partial charge in [0.2, 0.25) is 5.95 Å². The van der Waals surface area contributed by atoms with Crippen LogP contribution < -0.4 is 5.32 Å². The first-order valence-corrected chi connectivity index (χ1v) is 7.49. The topological polar surface area (TPSA) is 88.5 Å². The summed E-state index contributed by atoms with van der Waals surface area (Å²) in [6.07, 6.45) is 0. The van der Waals surface area contributed by atoms with E-state index < -0.39 is 0 Å². The predicted molar refractivity (Wildman–Crippen MR) is 87.4 cm³/mol. The number of hydrogen-bond acceptors (Lipinski definition) is 4. The number of amides is 1. The SMILES string of the molecule is CCn1nc(C)cc1C(=O)Nc1n[nH]c(-c2ccccc2Cl)n1. The van der Waals surface area contributed by atoms with Gasteiger partial charge >= 0.3 is 0 Å². The molecular weight excluding hydrogens is 316 g/mol. The Labute approximate surface area is 137 Å². The maximum absolute atomic E-state index is 12.3. The van der Waals surface area contributed by atoms with E-state index in [9.17, 15) is 4.79 Å². The Morgan fingerprint density at radius 1 is 1.39 bits per heavy atom. The second-order valence-corrected chi connectivity index (χ2v) is 5.34. The van der Waals surface area contributed by atoms with Gasteiger partial charge in [-0.3, -0.25) is 19.9 Å². The van der Waals surface area contributed by atoms with Crippen molar-refractivity contribution in [2.75, 3.05) is 5.32 Å². The highest BCUT2D eigenvalue weighted by molar-refractivity contribution is 6.33. The number of halogens is 1. The molecule has 0 unspecified atom stereocenters. The lowest BCUT2D eigenvalue weighted by Gasteiger charge is -2.03. The molecule has 0 fully saturated rings. The van der Waals surface area contributed by atoms with Gasteiger partial charge in [0.1, 0.15) is 5.69 Å². The van der Waals surface area contributed by atoms with Crippen molar-refractivity contribution in [2.24, 2.45) is 0 Å². The van der Waals surface area contributed by atoms with Crippen LogP contribution in [0.25, 0.3) is 11.4 Å². The van der Waals surface area contributed by atoms with E-state index in [1.165, 1.54) is 0 Å². The van der Waals surface area contributed by atoms with Crippen LogP contribution in [0.2, 0.25) is 5.02 Å². The molecule has 23 heavy (non-hydrogen) atoms. The zero-order chi connectivity index (χ0) is 16.4. The van der Waals surface area contributed by atoms with E-state index in [4.69, 9.17) is 11.6 Å². The molecule has 0 aliphatic carbocycles. The Kier molecular flexibility index (Phi) is 4.12. The van der Waals surface area contributed by atoms with Crippen LogP contribution in [-0.2, 0) is 6.54 Å². The molecule has 2 N–H and O–H groups in total. The molecule has 0 saturated heterocycles. The molecule has 0 atom stereocenters. The van der Waals surface area contributed by atoms with Gasteiger partial charge in [-0.2, -0.15) is 10.1 Å². The quantitative estimate of drug-likeness (QED) is 0.769. The molecule has 1 amide bonds. The number of anilines is 1. The maximum atomic E-state index is 12.3. The number of carbonyl (C=O) groups is 1. The molecule has 1 aromatic carbocycles. The molecular formula is C15H15ClN6O. The summed E-state index contributed by atoms with van der Waals surface area (Å²) in [5.74, 6) is 0.370. The molecule has 0 radical (unpaired) electrons. The number of aromatic amines is 1. The van der Waals surface area contributed by atoms with Crippen molar-refractivity contribution in [1.29, 1.82) is 0 Å². The van der Waals surface area contributed by atoms with E-state index in [0.29, 0.717) is 23.1 Å². The zero-order valence-electron chi connectivity index (χ0n) is 12.7. The van der Waals surface area contributed by atoms with Gasteiger partial charge < -0.3 is 0 Å². The Hall–Kier alpha value is -2.67. The fourth-order valence-electron chi connectivity index (χ4n) is 2.23. The predicted octanol–water partition coefficient (Wildman–Crippen LogP) is 2.90. The highest BCUT2D eigenvalue weighted by atomic mass is 35.5. The van der Waals surface area contributed by atoms with Gasteiger partial charge in [-0.1, -0.05) is 23.7 Å². The van der Waals surface area contributed by atoms with E-state index in [2.05, 4.69) is 25.6 Å². The molecule has 2 aromatic heterocycles. The third kappa shape index (κ3) is 3.09. The Morgan fingerprint density at radius 3 is 2.91 bits per heavy atom. The standard InChI is InChI=1S/C15H15ClN6O/c1-3-22-12(8-9(2)21-22)14(23)18-15-17-13(19-20-15)10-6-4-5-7-11(10)16/h4-8H,3H2,1-2H3,(H2,17,18,19,20,23). The summed E-state index contributed by atoms with van der Waals surface area (Å²) in [5, 5.41) is 14.2. The van der Waals surface area contributed by atoms with Crippen molar-refractivity contribution in [3.63, 3.8) is 0 Å². The van der Waals surface area contributed by atoms with Crippen LogP contribution in [0.1, 0.15) is 23.1 Å². The summed E-state index contributed by atoms with van der Waals surface area (Å²) in [6, 6.07) is 8.99. The van der Waals surface area contributed by atoms with E-state index >= 15 is 0 Å². The lowest BCUT2D eigenvalue weighted by Crippen LogP contribution is -2.18. The molecule has 0 aliphatic rings. The monoisotopic (exact) mass is 330 g/mol. The van der Waals surface area contributed by atoms with Gasteiger partial charge in [0, 0.05) is 12.1 Å². The molecule has 8 heteroatoms. The van der Waals surface area contributed by atoms with E-state index in [0.717, 1.165) is 11.3 Å². The first kappa shape index (κ1) is 15.2. The highest BCUT2D eigenvalue weighted by Gasteiger charge is 2.16. The Balaban J connectivity index is 1.82. The van der Waals surface area contributed by atoms with Gasteiger partial charge in [0.15, 0.2) is 5.82 Å². The van der Waals surface area contributed by atoms with Crippen molar-refractivity contribution in [2.45, 2.75) is 20.4 Å². The normalized spacial score (nSPS) is 10.7. The van der Waals surface area contributed by atoms with Gasteiger partial charge in [0.25, 0.3) is 5.91 Å². The van der Waals surface area contributed by atoms with Gasteiger partial charge in [-0.15, -0.1) is 5.10 Å². The van der Waals surface area contributed by atoms with Crippen LogP contribution in [0.5, 0.6) is 0 Å². The van der Waals surface area contributed by atoms with Gasteiger partial charge in [-0.05, 0) is 32.0 Å². The van der Waals surface area contributed by atoms with E-state index in [-0.39, 0.29) is 11.9 Å². The maximum Gasteiger partial charge on any atom is 0.276 e. The second-order valence-electron chi connectivity index (χ2n) is 4.93. The van der Waals surface area contributed by atoms with E-state index in [1.54, 1.807) is 16.8 Å². The van der Waals surface area contributed by atoms with Crippen molar-refractivity contribution in [3.8, 4) is 11.4 Å². The lowest BCUT2D eigenvalue weighted by molar-refractivity contribution is 0.101. The van der Waals surface area contributed by atoms with Crippen LogP contribution in [0.4, 0.5) is 5.95 Å². The van der Waals surface area contributed by atoms with Crippen LogP contribution in [-0.4, -0.2) is 30.9 Å². The lowest BCUT2D eigenvalue weighted by atomic mass is 10.2. The molecule has 0 bridgehead atoms. The molecule has 118 valence electrons. The third-order valence-corrected chi connectivity index (χ3v) is 3.60. The highest BCUT2D eigenvalue weighted by Crippen LogP contribution is 2.24. The smallest absolute Gasteiger partial charge is 0.276 e. The number of carbonyl (C=O) groups excluding carboxylic acids is 1. The molecule has 0 aliphatic heterocycles. The number of rotatable bonds is 4. The molecule has 0 saturated carbocycles. The average Bonchev–Trinajstić information content (AvgIpc) is 3.14. The Bertz CT molecular complexity index is 853. The third-order valence-electron chi connectivity index (χ3n) is 3.27. The summed E-state index contributed by atoms with van der Waals surface area (Å²) in [7, 11) is 0. The van der Waals surface area contributed by atoms with Crippen LogP contribution in [0.15, 0.2) is 30.3 Å². The second kappa shape index (κ2) is 6.21. The fourth-order valence-corrected chi connectivity index (χ4v) is 2.45. The minimum absolute atomic E-state index is 0.187. The van der Waals surface area contributed by atoms with Crippen LogP contribution in [0.3, 0.4) is 0 Å². The summed E-state index contributed by atoms with van der Waals surface area (Å²) < 4.78 is 1.63. The summed E-state index contributed by atoms with van der Waals surface area (Å²) in [6.45, 7) is 4.37. The summed E-state index contributed by atoms with van der Waals surface area (Å²) in [4.78, 5) is 16.6. The van der Waals surface area contributed by atoms with Crippen molar-refractivity contribution in [1.82, 2.24) is 25.0 Å². The molecule has 2 heterocycles. The minimum atomic E-state index is -0.308. The molecule has 3 rings (SSSR count). The van der Waals surface area contributed by atoms with E-state index in [1.807, 2.05) is 32.0 Å². The Morgan fingerprint density at radius 2 is 2.17 bits per heavy atom. The number of nitrogens with one attached hydrogen (secondary N) is 2. The number of aromatic nitrogens is 5. The van der Waals surface area contributed by atoms with Crippen molar-refractivity contribution in [3.05, 3.63) is 46.7 Å². The molecule has 0 spiro atoms. The number of benzene rings is 1. The number of H-pyrrole nitrogens is 1. The number of aryl methyl sites for hydroxylation is 2. The first-order chi connectivity index (χ1) is 11.1. The number of nitrogens with zero attached hydrogens (tertiary/aromatic N) is 4. The zero-order valence-corrected chi connectivity index (χ0v) is 13.4. The molecule has 3 aromatic rings. The first-order valence-electron chi connectivity index (χ1n) is 7.11. The number of hydrogen-bond donors (Lipinski definition) is 2. The minimum Gasteiger partial charge on any atom is -0.288 e. The van der Waals surface area contributed by atoms with Crippen molar-refractivity contribution < 1.29 is 4.79 Å². The van der Waals surface area contributed by atoms with Gasteiger partial charge in [-0.25, -0.2) is 0 Å². The van der Waals surface area contributed by atoms with Crippen LogP contribution >= 0.6 is 11.6 Å². The average molecular weight is 331 g/mol.